The van der Waals surface area contributed by atoms with Gasteiger partial charge in [0.2, 0.25) is 0 Å². The number of carbonyl (C=O) groups is 1. The fourth-order valence-corrected chi connectivity index (χ4v) is 2.48. The number of hydrogen-bond donors (Lipinski definition) is 4. The maximum absolute atomic E-state index is 10.7. The van der Waals surface area contributed by atoms with Gasteiger partial charge in [-0.3, -0.25) is 4.79 Å². The number of likely N-dealkylation sites (tertiary alicyclic amines) is 1. The van der Waals surface area contributed by atoms with E-state index < -0.39 is 5.97 Å². The number of nitrogens with two attached hydrogens (primary N) is 1. The third-order valence-electron chi connectivity index (χ3n) is 3.07. The highest BCUT2D eigenvalue weighted by Gasteiger charge is 2.27. The maximum atomic E-state index is 10.7. The number of carboxylic acids is 1. The van der Waals surface area contributed by atoms with Crippen molar-refractivity contribution in [2.75, 3.05) is 39.3 Å². The van der Waals surface area contributed by atoms with Crippen molar-refractivity contribution in [2.24, 2.45) is 11.7 Å². The zero-order valence-corrected chi connectivity index (χ0v) is 10.1. The first-order chi connectivity index (χ1) is 8.15. The minimum atomic E-state index is -0.745. The number of nitrogens with one attached hydrogen (secondary N) is 1. The summed E-state index contributed by atoms with van der Waals surface area (Å²) in [5.41, 5.74) is 5.53. The molecule has 1 aliphatic heterocycles. The quantitative estimate of drug-likeness (QED) is 0.444. The molecular formula is C11H23N3O3. The molecule has 0 saturated carbocycles. The van der Waals surface area contributed by atoms with E-state index in [0.717, 1.165) is 26.1 Å². The van der Waals surface area contributed by atoms with Crippen molar-refractivity contribution in [1.29, 1.82) is 0 Å². The summed E-state index contributed by atoms with van der Waals surface area (Å²) in [7, 11) is 0. The third kappa shape index (κ3) is 5.45. The molecule has 1 saturated heterocycles. The van der Waals surface area contributed by atoms with Crippen LogP contribution in [0.2, 0.25) is 0 Å². The first kappa shape index (κ1) is 14.4. The largest absolute Gasteiger partial charge is 0.481 e. The van der Waals surface area contributed by atoms with Crippen LogP contribution in [0.15, 0.2) is 0 Å². The molecule has 0 aromatic rings. The molecule has 0 aromatic carbocycles. The van der Waals surface area contributed by atoms with Crippen LogP contribution < -0.4 is 11.1 Å². The molecule has 6 heteroatoms. The normalized spacial score (nSPS) is 26.0. The summed E-state index contributed by atoms with van der Waals surface area (Å²) in [5.74, 6) is -0.575. The van der Waals surface area contributed by atoms with Gasteiger partial charge < -0.3 is 26.2 Å². The van der Waals surface area contributed by atoms with E-state index in [1.54, 1.807) is 0 Å². The average molecular weight is 245 g/mol. The van der Waals surface area contributed by atoms with Crippen molar-refractivity contribution in [3.05, 3.63) is 0 Å². The molecule has 6 nitrogen and oxygen atoms in total. The van der Waals surface area contributed by atoms with Crippen LogP contribution in [0.4, 0.5) is 0 Å². The molecule has 0 spiro atoms. The fourth-order valence-electron chi connectivity index (χ4n) is 2.48. The molecule has 1 heterocycles. The number of hydrogen-bond acceptors (Lipinski definition) is 5. The van der Waals surface area contributed by atoms with Crippen molar-refractivity contribution in [3.63, 3.8) is 0 Å². The second kappa shape index (κ2) is 7.60. The lowest BCUT2D eigenvalue weighted by Gasteiger charge is -2.37. The van der Waals surface area contributed by atoms with E-state index in [4.69, 9.17) is 15.9 Å². The molecule has 0 aromatic heterocycles. The maximum Gasteiger partial charge on any atom is 0.303 e. The van der Waals surface area contributed by atoms with Gasteiger partial charge >= 0.3 is 5.97 Å². The monoisotopic (exact) mass is 245 g/mol. The van der Waals surface area contributed by atoms with Gasteiger partial charge in [-0.25, -0.2) is 0 Å². The molecule has 0 aliphatic carbocycles. The molecule has 0 bridgehead atoms. The van der Waals surface area contributed by atoms with Gasteiger partial charge in [-0.15, -0.1) is 0 Å². The molecule has 2 unspecified atom stereocenters. The zero-order chi connectivity index (χ0) is 12.7. The van der Waals surface area contributed by atoms with Crippen LogP contribution in [-0.4, -0.2) is 66.5 Å². The topological polar surface area (TPSA) is 98.8 Å². The Labute approximate surface area is 102 Å². The second-order valence-electron chi connectivity index (χ2n) is 4.62. The summed E-state index contributed by atoms with van der Waals surface area (Å²) in [6.45, 7) is 3.74. The van der Waals surface area contributed by atoms with E-state index in [1.165, 1.54) is 0 Å². The van der Waals surface area contributed by atoms with Crippen LogP contribution in [-0.2, 0) is 4.79 Å². The highest BCUT2D eigenvalue weighted by Crippen LogP contribution is 2.19. The van der Waals surface area contributed by atoms with Gasteiger partial charge in [0, 0.05) is 45.2 Å². The molecule has 1 fully saturated rings. The lowest BCUT2D eigenvalue weighted by atomic mass is 9.91. The number of piperidine rings is 1. The standard InChI is InChI=1S/C11H23N3O3/c12-1-3-14-7-9(6-11(16)17)5-10(8-14)13-2-4-15/h9-10,13,15H,1-8,12H2,(H,16,17). The summed E-state index contributed by atoms with van der Waals surface area (Å²) in [5, 5.41) is 20.9. The van der Waals surface area contributed by atoms with Gasteiger partial charge in [-0.2, -0.15) is 0 Å². The van der Waals surface area contributed by atoms with E-state index >= 15 is 0 Å². The van der Waals surface area contributed by atoms with Crippen molar-refractivity contribution in [2.45, 2.75) is 18.9 Å². The number of carboxylic acid groups (broad SMARTS) is 1. The summed E-state index contributed by atoms with van der Waals surface area (Å²) >= 11 is 0. The summed E-state index contributed by atoms with van der Waals surface area (Å²) in [4.78, 5) is 12.9. The van der Waals surface area contributed by atoms with Crippen LogP contribution >= 0.6 is 0 Å². The highest BCUT2D eigenvalue weighted by atomic mass is 16.4. The van der Waals surface area contributed by atoms with Crippen LogP contribution in [0.25, 0.3) is 0 Å². The van der Waals surface area contributed by atoms with Gasteiger partial charge in [0.1, 0.15) is 0 Å². The number of aliphatic hydroxyl groups excluding tert-OH is 1. The minimum Gasteiger partial charge on any atom is -0.481 e. The Morgan fingerprint density at radius 1 is 1.47 bits per heavy atom. The Morgan fingerprint density at radius 3 is 2.82 bits per heavy atom. The van der Waals surface area contributed by atoms with Crippen molar-refractivity contribution >= 4 is 5.97 Å². The van der Waals surface area contributed by atoms with E-state index in [-0.39, 0.29) is 25.0 Å². The van der Waals surface area contributed by atoms with Crippen molar-refractivity contribution in [1.82, 2.24) is 10.2 Å². The predicted octanol–water partition coefficient (Wildman–Crippen LogP) is -1.31. The lowest BCUT2D eigenvalue weighted by molar-refractivity contribution is -0.138. The van der Waals surface area contributed by atoms with Gasteiger partial charge in [0.15, 0.2) is 0 Å². The molecule has 0 radical (unpaired) electrons. The number of rotatable bonds is 7. The van der Waals surface area contributed by atoms with E-state index in [2.05, 4.69) is 10.2 Å². The Kier molecular flexibility index (Phi) is 6.43. The van der Waals surface area contributed by atoms with Crippen LogP contribution in [0.5, 0.6) is 0 Å². The zero-order valence-electron chi connectivity index (χ0n) is 10.1. The molecular weight excluding hydrogens is 222 g/mol. The molecule has 1 rings (SSSR count). The molecule has 2 atom stereocenters. The third-order valence-corrected chi connectivity index (χ3v) is 3.07. The Balaban J connectivity index is 2.46. The number of aliphatic hydroxyl groups is 1. The molecule has 5 N–H and O–H groups in total. The Bertz CT molecular complexity index is 238. The average Bonchev–Trinajstić information content (AvgIpc) is 2.25. The van der Waals surface area contributed by atoms with Gasteiger partial charge in [0.05, 0.1) is 6.61 Å². The number of aliphatic carboxylic acids is 1. The smallest absolute Gasteiger partial charge is 0.303 e. The molecule has 1 aliphatic rings. The fraction of sp³-hybridized carbons (Fsp3) is 0.909. The van der Waals surface area contributed by atoms with E-state index in [1.807, 2.05) is 0 Å². The Hall–Kier alpha value is -0.690. The first-order valence-electron chi connectivity index (χ1n) is 6.14. The lowest BCUT2D eigenvalue weighted by Crippen LogP contribution is -2.51. The van der Waals surface area contributed by atoms with Gasteiger partial charge in [0.25, 0.3) is 0 Å². The van der Waals surface area contributed by atoms with Gasteiger partial charge in [-0.05, 0) is 12.3 Å². The Morgan fingerprint density at radius 2 is 2.24 bits per heavy atom. The molecule has 0 amide bonds. The van der Waals surface area contributed by atoms with Crippen molar-refractivity contribution < 1.29 is 15.0 Å². The van der Waals surface area contributed by atoms with Crippen LogP contribution in [0, 0.1) is 5.92 Å². The highest BCUT2D eigenvalue weighted by molar-refractivity contribution is 5.67. The van der Waals surface area contributed by atoms with Crippen LogP contribution in [0.3, 0.4) is 0 Å². The number of nitrogens with zero attached hydrogens (tertiary/aromatic N) is 1. The molecule has 17 heavy (non-hydrogen) atoms. The SMILES string of the molecule is NCCN1CC(CC(=O)O)CC(NCCO)C1. The summed E-state index contributed by atoms with van der Waals surface area (Å²) < 4.78 is 0. The van der Waals surface area contributed by atoms with Gasteiger partial charge in [-0.1, -0.05) is 0 Å². The summed E-state index contributed by atoms with van der Waals surface area (Å²) in [6.07, 6.45) is 1.06. The van der Waals surface area contributed by atoms with Crippen molar-refractivity contribution in [3.8, 4) is 0 Å². The first-order valence-corrected chi connectivity index (χ1v) is 6.14. The van der Waals surface area contributed by atoms with E-state index in [9.17, 15) is 4.79 Å². The summed E-state index contributed by atoms with van der Waals surface area (Å²) in [6, 6.07) is 0.256. The van der Waals surface area contributed by atoms with Crippen LogP contribution in [0.1, 0.15) is 12.8 Å². The predicted molar refractivity (Wildman–Crippen MR) is 64.7 cm³/mol. The minimum absolute atomic E-state index is 0.108. The second-order valence-corrected chi connectivity index (χ2v) is 4.62. The van der Waals surface area contributed by atoms with E-state index in [0.29, 0.717) is 13.1 Å². The molecule has 100 valence electrons.